The first-order valence-corrected chi connectivity index (χ1v) is 13.3. The number of nitrogens with zero attached hydrogens (tertiary/aromatic N) is 1. The number of piperidine rings is 1. The zero-order chi connectivity index (χ0) is 26.2. The second-order valence-corrected chi connectivity index (χ2v) is 10.8. The van der Waals surface area contributed by atoms with E-state index in [4.69, 9.17) is 4.74 Å². The Morgan fingerprint density at radius 1 is 1.05 bits per heavy atom. The summed E-state index contributed by atoms with van der Waals surface area (Å²) in [4.78, 5) is 15.9. The van der Waals surface area contributed by atoms with Crippen molar-refractivity contribution in [2.24, 2.45) is 5.92 Å². The summed E-state index contributed by atoms with van der Waals surface area (Å²) in [6.45, 7) is 4.06. The molecule has 3 aliphatic rings. The molecule has 1 amide bonds. The number of amides is 1. The predicted octanol–water partition coefficient (Wildman–Crippen LogP) is 6.23. The molecule has 200 valence electrons. The molecule has 37 heavy (non-hydrogen) atoms. The Balaban J connectivity index is 1.18. The minimum atomic E-state index is -4.43. The lowest BCUT2D eigenvalue weighted by molar-refractivity contribution is -0.166. The zero-order valence-electron chi connectivity index (χ0n) is 21.1. The molecule has 2 aromatic rings. The molecule has 1 saturated carbocycles. The molecule has 4 nitrogen and oxygen atoms in total. The highest BCUT2D eigenvalue weighted by Crippen LogP contribution is 2.47. The van der Waals surface area contributed by atoms with Crippen molar-refractivity contribution in [1.82, 2.24) is 10.2 Å². The number of hydrogen-bond acceptors (Lipinski definition) is 3. The Bertz CT molecular complexity index is 1080. The van der Waals surface area contributed by atoms with Gasteiger partial charge in [0, 0.05) is 6.04 Å². The maximum absolute atomic E-state index is 13.5. The van der Waals surface area contributed by atoms with Crippen molar-refractivity contribution in [2.45, 2.75) is 75.2 Å². The lowest BCUT2D eigenvalue weighted by Gasteiger charge is -2.45. The zero-order valence-corrected chi connectivity index (χ0v) is 21.1. The molecule has 3 fully saturated rings. The average molecular weight is 519 g/mol. The van der Waals surface area contributed by atoms with Crippen LogP contribution in [0.2, 0.25) is 0 Å². The number of carbonyl (C=O) groups is 1. The Morgan fingerprint density at radius 3 is 2.35 bits per heavy atom. The maximum Gasteiger partial charge on any atom is 0.416 e. The summed E-state index contributed by atoms with van der Waals surface area (Å²) in [5.41, 5.74) is -0.0196. The van der Waals surface area contributed by atoms with Gasteiger partial charge in [-0.25, -0.2) is 4.39 Å². The van der Waals surface area contributed by atoms with Crippen LogP contribution in [0, 0.1) is 11.7 Å². The Hall–Kier alpha value is -2.45. The third-order valence-corrected chi connectivity index (χ3v) is 8.45. The van der Waals surface area contributed by atoms with Crippen LogP contribution >= 0.6 is 0 Å². The first-order chi connectivity index (χ1) is 17.7. The summed E-state index contributed by atoms with van der Waals surface area (Å²) in [6.07, 6.45) is 0.905. The second-order valence-electron chi connectivity index (χ2n) is 10.8. The summed E-state index contributed by atoms with van der Waals surface area (Å²) in [5, 5.41) is 2.96. The van der Waals surface area contributed by atoms with Crippen molar-refractivity contribution in [3.8, 4) is 0 Å². The van der Waals surface area contributed by atoms with E-state index >= 15 is 0 Å². The largest absolute Gasteiger partial charge is 0.416 e. The smallest absolute Gasteiger partial charge is 0.363 e. The van der Waals surface area contributed by atoms with Crippen molar-refractivity contribution < 1.29 is 27.1 Å². The van der Waals surface area contributed by atoms with E-state index < -0.39 is 23.4 Å². The number of carbonyl (C=O) groups excluding carboxylic acids is 1. The van der Waals surface area contributed by atoms with Gasteiger partial charge in [0.2, 0.25) is 0 Å². The number of ether oxygens (including phenoxy) is 1. The van der Waals surface area contributed by atoms with Gasteiger partial charge < -0.3 is 10.1 Å². The summed E-state index contributed by atoms with van der Waals surface area (Å²) < 4.78 is 59.1. The van der Waals surface area contributed by atoms with Gasteiger partial charge in [-0.1, -0.05) is 24.3 Å². The molecular formula is C29H34F4N2O2. The fraction of sp³-hybridized carbons (Fsp3) is 0.552. The van der Waals surface area contributed by atoms with Gasteiger partial charge in [-0.15, -0.1) is 0 Å². The standard InChI is InChI=1S/C29H34F4N2O2/c1-19(22-3-2-4-24(17-22)29(31,32)33)34-27(36)28(23-7-8-23)14-11-26(18-37-28)35-15-12-21(13-16-35)20-5-9-25(30)10-6-20/h2-6,9-10,17,19,21,23,26H,7-8,11-16,18H2,1H3,(H,34,36)/t19-,26-,28+/m1/s1. The van der Waals surface area contributed by atoms with Crippen LogP contribution in [0.4, 0.5) is 17.6 Å². The minimum Gasteiger partial charge on any atom is -0.363 e. The molecule has 8 heteroatoms. The van der Waals surface area contributed by atoms with Crippen LogP contribution in [0.25, 0.3) is 0 Å². The summed E-state index contributed by atoms with van der Waals surface area (Å²) in [7, 11) is 0. The summed E-state index contributed by atoms with van der Waals surface area (Å²) in [5.74, 6) is 0.155. The fourth-order valence-corrected chi connectivity index (χ4v) is 6.02. The van der Waals surface area contributed by atoms with Crippen molar-refractivity contribution in [1.29, 1.82) is 0 Å². The molecule has 5 rings (SSSR count). The molecule has 3 atom stereocenters. The number of rotatable bonds is 6. The third kappa shape index (κ3) is 5.70. The van der Waals surface area contributed by atoms with Gasteiger partial charge in [0.25, 0.3) is 5.91 Å². The van der Waals surface area contributed by atoms with Crippen molar-refractivity contribution in [3.05, 3.63) is 71.0 Å². The highest BCUT2D eigenvalue weighted by molar-refractivity contribution is 5.86. The maximum atomic E-state index is 13.5. The van der Waals surface area contributed by atoms with Crippen molar-refractivity contribution in [3.63, 3.8) is 0 Å². The van der Waals surface area contributed by atoms with E-state index in [1.54, 1.807) is 13.0 Å². The van der Waals surface area contributed by atoms with E-state index in [2.05, 4.69) is 10.2 Å². The van der Waals surface area contributed by atoms with Gasteiger partial charge in [-0.3, -0.25) is 9.69 Å². The SMILES string of the molecule is C[C@@H](NC(=O)[C@@]1(C2CC2)CC[C@@H](N2CCC(c3ccc(F)cc3)CC2)CO1)c1cccc(C(F)(F)F)c1. The molecule has 2 aromatic carbocycles. The lowest BCUT2D eigenvalue weighted by Crippen LogP contribution is -2.57. The van der Waals surface area contributed by atoms with E-state index in [-0.39, 0.29) is 23.7 Å². The van der Waals surface area contributed by atoms with Gasteiger partial charge in [0.15, 0.2) is 0 Å². The number of nitrogens with one attached hydrogen (secondary N) is 1. The molecule has 1 N–H and O–H groups in total. The van der Waals surface area contributed by atoms with Crippen LogP contribution < -0.4 is 5.32 Å². The lowest BCUT2D eigenvalue weighted by atomic mass is 9.84. The molecule has 0 spiro atoms. The molecular weight excluding hydrogens is 484 g/mol. The summed E-state index contributed by atoms with van der Waals surface area (Å²) in [6, 6.07) is 11.6. The average Bonchev–Trinajstić information content (AvgIpc) is 3.75. The second kappa shape index (κ2) is 10.4. The van der Waals surface area contributed by atoms with Gasteiger partial charge in [0.05, 0.1) is 18.2 Å². The highest BCUT2D eigenvalue weighted by atomic mass is 19.4. The van der Waals surface area contributed by atoms with Crippen molar-refractivity contribution in [2.75, 3.05) is 19.7 Å². The van der Waals surface area contributed by atoms with E-state index in [1.807, 2.05) is 12.1 Å². The van der Waals surface area contributed by atoms with Gasteiger partial charge >= 0.3 is 6.18 Å². The normalized spacial score (nSPS) is 26.6. The molecule has 1 aliphatic carbocycles. The Labute approximate surface area is 215 Å². The number of alkyl halides is 3. The number of halogens is 4. The van der Waals surface area contributed by atoms with Crippen LogP contribution in [-0.2, 0) is 15.7 Å². The Morgan fingerprint density at radius 2 is 1.76 bits per heavy atom. The predicted molar refractivity (Wildman–Crippen MR) is 132 cm³/mol. The topological polar surface area (TPSA) is 41.6 Å². The third-order valence-electron chi connectivity index (χ3n) is 8.45. The quantitative estimate of drug-likeness (QED) is 0.461. The first-order valence-electron chi connectivity index (χ1n) is 13.3. The summed E-state index contributed by atoms with van der Waals surface area (Å²) >= 11 is 0. The number of benzene rings is 2. The monoisotopic (exact) mass is 518 g/mol. The van der Waals surface area contributed by atoms with Gasteiger partial charge in [-0.2, -0.15) is 13.2 Å². The van der Waals surface area contributed by atoms with E-state index in [0.717, 1.165) is 57.3 Å². The van der Waals surface area contributed by atoms with Crippen LogP contribution in [0.15, 0.2) is 48.5 Å². The van der Waals surface area contributed by atoms with Crippen LogP contribution in [0.5, 0.6) is 0 Å². The highest BCUT2D eigenvalue weighted by Gasteiger charge is 2.54. The van der Waals surface area contributed by atoms with Crippen LogP contribution in [0.1, 0.15) is 74.1 Å². The molecule has 0 bridgehead atoms. The fourth-order valence-electron chi connectivity index (χ4n) is 6.02. The van der Waals surface area contributed by atoms with Crippen LogP contribution in [-0.4, -0.2) is 42.1 Å². The molecule has 2 saturated heterocycles. The molecule has 2 heterocycles. The van der Waals surface area contributed by atoms with Gasteiger partial charge in [-0.05, 0) is 106 Å². The van der Waals surface area contributed by atoms with Crippen LogP contribution in [0.3, 0.4) is 0 Å². The number of likely N-dealkylation sites (tertiary alicyclic amines) is 1. The number of hydrogen-bond donors (Lipinski definition) is 1. The Kier molecular flexibility index (Phi) is 7.33. The van der Waals surface area contributed by atoms with Gasteiger partial charge in [0.1, 0.15) is 11.4 Å². The molecule has 2 aliphatic heterocycles. The van der Waals surface area contributed by atoms with Crippen molar-refractivity contribution >= 4 is 5.91 Å². The first kappa shape index (κ1) is 26.2. The minimum absolute atomic E-state index is 0.159. The molecule has 0 unspecified atom stereocenters. The van der Waals surface area contributed by atoms with E-state index in [1.165, 1.54) is 23.8 Å². The van der Waals surface area contributed by atoms with E-state index in [0.29, 0.717) is 24.5 Å². The molecule has 0 radical (unpaired) electrons. The molecule has 0 aromatic heterocycles. The van der Waals surface area contributed by atoms with E-state index in [9.17, 15) is 22.4 Å².